The van der Waals surface area contributed by atoms with Crippen molar-refractivity contribution in [2.75, 3.05) is 5.32 Å². The number of rotatable bonds is 2. The molecule has 0 spiro atoms. The van der Waals surface area contributed by atoms with Crippen LogP contribution in [0, 0.1) is 0 Å². The monoisotopic (exact) mass is 216 g/mol. The Morgan fingerprint density at radius 2 is 2.19 bits per heavy atom. The highest BCUT2D eigenvalue weighted by Crippen LogP contribution is 2.23. The first-order chi connectivity index (χ1) is 7.70. The van der Waals surface area contributed by atoms with Crippen LogP contribution in [0.5, 0.6) is 5.75 Å². The van der Waals surface area contributed by atoms with Gasteiger partial charge in [0.1, 0.15) is 17.1 Å². The number of carbonyl (C=O) groups excluding carboxylic acids is 1. The number of nitrogens with one attached hydrogen (secondary N) is 1. The van der Waals surface area contributed by atoms with Gasteiger partial charge in [0.15, 0.2) is 0 Å². The molecular formula is C12H12N2O2. The lowest BCUT2D eigenvalue weighted by molar-refractivity contribution is -0.115. The summed E-state index contributed by atoms with van der Waals surface area (Å²) in [5.41, 5.74) is 0.497. The second-order valence-electron chi connectivity index (χ2n) is 3.45. The van der Waals surface area contributed by atoms with Crippen molar-refractivity contribution in [3.8, 4) is 5.75 Å². The lowest BCUT2D eigenvalue weighted by atomic mass is 10.2. The standard InChI is InChI=1S/C12H12N2O2/c1-2-11(16)13-10-7-6-8-4-3-5-9(15)12(8)14-10/h3-7,15H,2H2,1H3,(H,13,14,16). The molecule has 0 aliphatic carbocycles. The number of nitrogens with zero attached hydrogens (tertiary/aromatic N) is 1. The highest BCUT2D eigenvalue weighted by atomic mass is 16.3. The van der Waals surface area contributed by atoms with Gasteiger partial charge in [0.25, 0.3) is 0 Å². The molecule has 0 atom stereocenters. The SMILES string of the molecule is CCC(=O)Nc1ccc2cccc(O)c2n1. The molecule has 1 aromatic heterocycles. The summed E-state index contributed by atoms with van der Waals surface area (Å²) in [6.07, 6.45) is 0.403. The van der Waals surface area contributed by atoms with E-state index in [1.165, 1.54) is 0 Å². The Kier molecular flexibility index (Phi) is 2.72. The van der Waals surface area contributed by atoms with E-state index in [1.54, 1.807) is 25.1 Å². The average Bonchev–Trinajstić information content (AvgIpc) is 2.30. The molecule has 4 nitrogen and oxygen atoms in total. The highest BCUT2D eigenvalue weighted by Gasteiger charge is 2.04. The number of aromatic hydroxyl groups is 1. The summed E-state index contributed by atoms with van der Waals surface area (Å²) in [5.74, 6) is 0.480. The van der Waals surface area contributed by atoms with Crippen LogP contribution < -0.4 is 5.32 Å². The predicted octanol–water partition coefficient (Wildman–Crippen LogP) is 2.29. The smallest absolute Gasteiger partial charge is 0.225 e. The summed E-state index contributed by atoms with van der Waals surface area (Å²) >= 11 is 0. The Morgan fingerprint density at radius 3 is 2.94 bits per heavy atom. The summed E-state index contributed by atoms with van der Waals surface area (Å²) < 4.78 is 0. The zero-order valence-corrected chi connectivity index (χ0v) is 8.90. The lowest BCUT2D eigenvalue weighted by Crippen LogP contribution is -2.10. The number of fused-ring (bicyclic) bond motifs is 1. The molecular weight excluding hydrogens is 204 g/mol. The van der Waals surface area contributed by atoms with Crippen LogP contribution in [0.3, 0.4) is 0 Å². The maximum Gasteiger partial charge on any atom is 0.225 e. The number of phenolic OH excluding ortho intramolecular Hbond substituents is 1. The Hall–Kier alpha value is -2.10. The molecule has 0 unspecified atom stereocenters. The molecule has 4 heteroatoms. The third kappa shape index (κ3) is 1.95. The highest BCUT2D eigenvalue weighted by molar-refractivity contribution is 5.92. The maximum absolute atomic E-state index is 11.2. The number of benzene rings is 1. The van der Waals surface area contributed by atoms with Gasteiger partial charge in [-0.05, 0) is 18.2 Å². The van der Waals surface area contributed by atoms with Gasteiger partial charge in [-0.2, -0.15) is 0 Å². The molecule has 0 bridgehead atoms. The van der Waals surface area contributed by atoms with Crippen molar-refractivity contribution in [1.29, 1.82) is 0 Å². The van der Waals surface area contributed by atoms with Gasteiger partial charge in [0, 0.05) is 11.8 Å². The van der Waals surface area contributed by atoms with E-state index < -0.39 is 0 Å². The first-order valence-corrected chi connectivity index (χ1v) is 5.09. The zero-order valence-electron chi connectivity index (χ0n) is 8.90. The Morgan fingerprint density at radius 1 is 1.38 bits per heavy atom. The molecule has 82 valence electrons. The molecule has 0 aliphatic rings. The number of phenols is 1. The van der Waals surface area contributed by atoms with Crippen molar-refractivity contribution >= 4 is 22.6 Å². The molecule has 0 saturated carbocycles. The minimum Gasteiger partial charge on any atom is -0.506 e. The van der Waals surface area contributed by atoms with Gasteiger partial charge < -0.3 is 10.4 Å². The van der Waals surface area contributed by atoms with E-state index >= 15 is 0 Å². The minimum absolute atomic E-state index is 0.0951. The zero-order chi connectivity index (χ0) is 11.5. The summed E-state index contributed by atoms with van der Waals surface area (Å²) in [5, 5.41) is 13.1. The van der Waals surface area contributed by atoms with Crippen LogP contribution in [0.4, 0.5) is 5.82 Å². The molecule has 2 rings (SSSR count). The lowest BCUT2D eigenvalue weighted by Gasteiger charge is -2.05. The number of anilines is 1. The normalized spacial score (nSPS) is 10.3. The number of hydrogen-bond acceptors (Lipinski definition) is 3. The van der Waals surface area contributed by atoms with E-state index in [9.17, 15) is 9.90 Å². The quantitative estimate of drug-likeness (QED) is 0.809. The molecule has 0 aliphatic heterocycles. The molecule has 1 amide bonds. The number of amides is 1. The molecule has 16 heavy (non-hydrogen) atoms. The van der Waals surface area contributed by atoms with E-state index in [4.69, 9.17) is 0 Å². The molecule has 0 saturated heterocycles. The fraction of sp³-hybridized carbons (Fsp3) is 0.167. The average molecular weight is 216 g/mol. The van der Waals surface area contributed by atoms with Crippen LogP contribution in [0.1, 0.15) is 13.3 Å². The van der Waals surface area contributed by atoms with Gasteiger partial charge in [0.2, 0.25) is 5.91 Å². The topological polar surface area (TPSA) is 62.2 Å². The van der Waals surface area contributed by atoms with Crippen LogP contribution in [0.15, 0.2) is 30.3 Å². The summed E-state index contributed by atoms with van der Waals surface area (Å²) in [4.78, 5) is 15.4. The molecule has 1 heterocycles. The van der Waals surface area contributed by atoms with E-state index in [1.807, 2.05) is 12.1 Å². The van der Waals surface area contributed by atoms with E-state index in [0.717, 1.165) is 5.39 Å². The van der Waals surface area contributed by atoms with Crippen LogP contribution in [0.25, 0.3) is 10.9 Å². The predicted molar refractivity (Wildman–Crippen MR) is 62.3 cm³/mol. The van der Waals surface area contributed by atoms with Crippen molar-refractivity contribution in [2.24, 2.45) is 0 Å². The Labute approximate surface area is 92.9 Å². The fourth-order valence-electron chi connectivity index (χ4n) is 1.43. The summed E-state index contributed by atoms with van der Waals surface area (Å²) in [6, 6.07) is 8.71. The molecule has 0 radical (unpaired) electrons. The second kappa shape index (κ2) is 4.18. The summed E-state index contributed by atoms with van der Waals surface area (Å²) in [7, 11) is 0. The van der Waals surface area contributed by atoms with Crippen LogP contribution in [-0.4, -0.2) is 16.0 Å². The fourth-order valence-corrected chi connectivity index (χ4v) is 1.43. The first-order valence-electron chi connectivity index (χ1n) is 5.09. The van der Waals surface area contributed by atoms with Crippen molar-refractivity contribution < 1.29 is 9.90 Å². The molecule has 0 fully saturated rings. The number of hydrogen-bond donors (Lipinski definition) is 2. The maximum atomic E-state index is 11.2. The number of aromatic nitrogens is 1. The van der Waals surface area contributed by atoms with Gasteiger partial charge in [-0.1, -0.05) is 19.1 Å². The van der Waals surface area contributed by atoms with E-state index in [-0.39, 0.29) is 11.7 Å². The van der Waals surface area contributed by atoms with Crippen LogP contribution in [0.2, 0.25) is 0 Å². The van der Waals surface area contributed by atoms with Gasteiger partial charge in [-0.25, -0.2) is 4.98 Å². The Bertz CT molecular complexity index is 538. The van der Waals surface area contributed by atoms with Crippen molar-refractivity contribution in [2.45, 2.75) is 13.3 Å². The van der Waals surface area contributed by atoms with Crippen molar-refractivity contribution in [1.82, 2.24) is 4.98 Å². The molecule has 2 N–H and O–H groups in total. The van der Waals surface area contributed by atoms with E-state index in [2.05, 4.69) is 10.3 Å². The molecule has 1 aromatic carbocycles. The van der Waals surface area contributed by atoms with Gasteiger partial charge in [0.05, 0.1) is 0 Å². The number of para-hydroxylation sites is 1. The van der Waals surface area contributed by atoms with Crippen molar-refractivity contribution in [3.63, 3.8) is 0 Å². The Balaban J connectivity index is 2.43. The third-order valence-electron chi connectivity index (χ3n) is 2.29. The minimum atomic E-state index is -0.0951. The van der Waals surface area contributed by atoms with Crippen LogP contribution in [-0.2, 0) is 4.79 Å². The van der Waals surface area contributed by atoms with Gasteiger partial charge >= 0.3 is 0 Å². The van der Waals surface area contributed by atoms with E-state index in [0.29, 0.717) is 17.8 Å². The molecule has 2 aromatic rings. The largest absolute Gasteiger partial charge is 0.506 e. The van der Waals surface area contributed by atoms with Crippen molar-refractivity contribution in [3.05, 3.63) is 30.3 Å². The number of pyridine rings is 1. The number of carbonyl (C=O) groups is 1. The third-order valence-corrected chi connectivity index (χ3v) is 2.29. The van der Waals surface area contributed by atoms with Gasteiger partial charge in [-0.15, -0.1) is 0 Å². The van der Waals surface area contributed by atoms with Crippen LogP contribution >= 0.6 is 0 Å². The first kappa shape index (κ1) is 10.4. The second-order valence-corrected chi connectivity index (χ2v) is 3.45. The summed E-state index contributed by atoms with van der Waals surface area (Å²) in [6.45, 7) is 1.77. The van der Waals surface area contributed by atoms with Gasteiger partial charge in [-0.3, -0.25) is 4.79 Å².